The molecule has 1 heterocycles. The number of hydrogen-bond donors (Lipinski definition) is 4. The molecule has 10 heavy (non-hydrogen) atoms. The number of hydrogen-bond acceptors (Lipinski definition) is 4. The van der Waals surface area contributed by atoms with Crippen molar-refractivity contribution in [3.05, 3.63) is 0 Å². The van der Waals surface area contributed by atoms with Crippen molar-refractivity contribution in [1.29, 1.82) is 0 Å². The lowest BCUT2D eigenvalue weighted by atomic mass is 9.91. The average molecular weight is 142 g/mol. The summed E-state index contributed by atoms with van der Waals surface area (Å²) in [5.74, 6) is 0. The van der Waals surface area contributed by atoms with Gasteiger partial charge in [0.2, 0.25) is 0 Å². The molecule has 2 atom stereocenters. The zero-order chi connectivity index (χ0) is 6.81. The standard InChI is InChI=1S/C6H14N4/c1-2-4-6-5(3-1)7-9-10-8-6/h5-10H,1-4H2. The second-order valence-corrected chi connectivity index (χ2v) is 3.04. The minimum atomic E-state index is 0.620. The maximum atomic E-state index is 3.20. The predicted octanol–water partition coefficient (Wildman–Crippen LogP) is -0.585. The molecule has 0 aromatic heterocycles. The Labute approximate surface area is 60.7 Å². The topological polar surface area (TPSA) is 48.1 Å². The number of hydrazine groups is 3. The summed E-state index contributed by atoms with van der Waals surface area (Å²) in [6, 6.07) is 1.24. The summed E-state index contributed by atoms with van der Waals surface area (Å²) in [7, 11) is 0. The lowest BCUT2D eigenvalue weighted by Gasteiger charge is -2.37. The summed E-state index contributed by atoms with van der Waals surface area (Å²) in [4.78, 5) is 0. The van der Waals surface area contributed by atoms with Crippen molar-refractivity contribution in [3.63, 3.8) is 0 Å². The normalized spacial score (nSPS) is 40.8. The van der Waals surface area contributed by atoms with Crippen LogP contribution in [0.1, 0.15) is 25.7 Å². The van der Waals surface area contributed by atoms with Gasteiger partial charge in [-0.3, -0.25) is 0 Å². The molecule has 0 aromatic carbocycles. The van der Waals surface area contributed by atoms with E-state index in [-0.39, 0.29) is 0 Å². The fourth-order valence-corrected chi connectivity index (χ4v) is 1.73. The third kappa shape index (κ3) is 1.15. The molecule has 0 spiro atoms. The Morgan fingerprint density at radius 3 is 1.80 bits per heavy atom. The van der Waals surface area contributed by atoms with Crippen molar-refractivity contribution in [1.82, 2.24) is 21.9 Å². The highest BCUT2D eigenvalue weighted by Gasteiger charge is 2.26. The Bertz CT molecular complexity index is 90.3. The molecule has 0 bridgehead atoms. The van der Waals surface area contributed by atoms with E-state index in [0.717, 1.165) is 0 Å². The molecule has 1 saturated carbocycles. The SMILES string of the molecule is C1CCC2NNNNC2C1. The molecule has 1 aliphatic heterocycles. The molecule has 0 aromatic rings. The van der Waals surface area contributed by atoms with Gasteiger partial charge < -0.3 is 0 Å². The van der Waals surface area contributed by atoms with Crippen LogP contribution in [-0.4, -0.2) is 12.1 Å². The van der Waals surface area contributed by atoms with Gasteiger partial charge in [-0.15, -0.1) is 0 Å². The van der Waals surface area contributed by atoms with Crippen LogP contribution in [-0.2, 0) is 0 Å². The monoisotopic (exact) mass is 142 g/mol. The molecule has 1 saturated heterocycles. The maximum absolute atomic E-state index is 3.20. The zero-order valence-corrected chi connectivity index (χ0v) is 5.98. The predicted molar refractivity (Wildman–Crippen MR) is 38.6 cm³/mol. The summed E-state index contributed by atoms with van der Waals surface area (Å²) in [6.07, 6.45) is 5.29. The molecule has 1 aliphatic carbocycles. The molecule has 2 aliphatic rings. The van der Waals surface area contributed by atoms with Gasteiger partial charge in [-0.25, -0.2) is 10.9 Å². The van der Waals surface area contributed by atoms with E-state index in [1.165, 1.54) is 25.7 Å². The highest BCUT2D eigenvalue weighted by atomic mass is 15.8. The van der Waals surface area contributed by atoms with Crippen LogP contribution in [0, 0.1) is 0 Å². The minimum Gasteiger partial charge on any atom is -0.238 e. The lowest BCUT2D eigenvalue weighted by molar-refractivity contribution is 0.153. The van der Waals surface area contributed by atoms with E-state index in [4.69, 9.17) is 0 Å². The summed E-state index contributed by atoms with van der Waals surface area (Å²) in [5.41, 5.74) is 12.1. The van der Waals surface area contributed by atoms with E-state index >= 15 is 0 Å². The van der Waals surface area contributed by atoms with Crippen LogP contribution in [0.4, 0.5) is 0 Å². The first kappa shape index (κ1) is 6.54. The summed E-state index contributed by atoms with van der Waals surface area (Å²) in [6.45, 7) is 0. The molecule has 58 valence electrons. The van der Waals surface area contributed by atoms with Gasteiger partial charge in [0.1, 0.15) is 0 Å². The number of fused-ring (bicyclic) bond motifs is 1. The first-order valence-corrected chi connectivity index (χ1v) is 3.98. The molecule has 0 radical (unpaired) electrons. The molecule has 0 amide bonds. The van der Waals surface area contributed by atoms with Crippen LogP contribution in [0.25, 0.3) is 0 Å². The van der Waals surface area contributed by atoms with Crippen molar-refractivity contribution >= 4 is 0 Å². The van der Waals surface area contributed by atoms with Gasteiger partial charge in [0.25, 0.3) is 0 Å². The second-order valence-electron chi connectivity index (χ2n) is 3.04. The van der Waals surface area contributed by atoms with Crippen LogP contribution in [0.15, 0.2) is 0 Å². The lowest BCUT2D eigenvalue weighted by Crippen LogP contribution is -2.69. The van der Waals surface area contributed by atoms with Crippen molar-refractivity contribution in [2.45, 2.75) is 37.8 Å². The zero-order valence-electron chi connectivity index (χ0n) is 5.98. The van der Waals surface area contributed by atoms with Crippen molar-refractivity contribution in [2.24, 2.45) is 0 Å². The molecule has 4 heteroatoms. The molecular weight excluding hydrogens is 128 g/mol. The molecule has 2 rings (SSSR count). The van der Waals surface area contributed by atoms with Gasteiger partial charge in [-0.1, -0.05) is 12.8 Å². The largest absolute Gasteiger partial charge is 0.238 e. The summed E-state index contributed by atoms with van der Waals surface area (Å²) >= 11 is 0. The van der Waals surface area contributed by atoms with E-state index < -0.39 is 0 Å². The second kappa shape index (κ2) is 2.84. The van der Waals surface area contributed by atoms with Crippen LogP contribution < -0.4 is 21.9 Å². The fraction of sp³-hybridized carbons (Fsp3) is 1.00. The summed E-state index contributed by atoms with van der Waals surface area (Å²) in [5, 5.41) is 0. The average Bonchev–Trinajstić information content (AvgIpc) is 2.05. The minimum absolute atomic E-state index is 0.620. The fourth-order valence-electron chi connectivity index (χ4n) is 1.73. The molecule has 2 unspecified atom stereocenters. The van der Waals surface area contributed by atoms with Gasteiger partial charge in [0.15, 0.2) is 0 Å². The maximum Gasteiger partial charge on any atom is 0.0394 e. The smallest absolute Gasteiger partial charge is 0.0394 e. The molecule has 4 nitrogen and oxygen atoms in total. The van der Waals surface area contributed by atoms with E-state index in [0.29, 0.717) is 12.1 Å². The first-order chi connectivity index (χ1) is 4.97. The molecule has 4 N–H and O–H groups in total. The third-order valence-electron chi connectivity index (χ3n) is 2.34. The highest BCUT2D eigenvalue weighted by Crippen LogP contribution is 2.18. The van der Waals surface area contributed by atoms with Crippen LogP contribution in [0.5, 0.6) is 0 Å². The van der Waals surface area contributed by atoms with Gasteiger partial charge in [-0.05, 0) is 12.8 Å². The Morgan fingerprint density at radius 2 is 1.30 bits per heavy atom. The van der Waals surface area contributed by atoms with E-state index in [2.05, 4.69) is 21.9 Å². The van der Waals surface area contributed by atoms with E-state index in [9.17, 15) is 0 Å². The van der Waals surface area contributed by atoms with Crippen molar-refractivity contribution in [3.8, 4) is 0 Å². The summed E-state index contributed by atoms with van der Waals surface area (Å²) < 4.78 is 0. The quantitative estimate of drug-likeness (QED) is 0.365. The molecular formula is C6H14N4. The Hall–Kier alpha value is -0.160. The molecule has 2 fully saturated rings. The van der Waals surface area contributed by atoms with Crippen molar-refractivity contribution in [2.75, 3.05) is 0 Å². The van der Waals surface area contributed by atoms with Crippen LogP contribution in [0.2, 0.25) is 0 Å². The third-order valence-corrected chi connectivity index (χ3v) is 2.34. The number of rotatable bonds is 0. The van der Waals surface area contributed by atoms with Gasteiger partial charge in [0, 0.05) is 12.1 Å². The van der Waals surface area contributed by atoms with E-state index in [1.54, 1.807) is 0 Å². The van der Waals surface area contributed by atoms with Crippen LogP contribution in [0.3, 0.4) is 0 Å². The Kier molecular flexibility index (Phi) is 1.86. The van der Waals surface area contributed by atoms with Crippen LogP contribution >= 0.6 is 0 Å². The number of nitrogens with one attached hydrogen (secondary N) is 4. The highest BCUT2D eigenvalue weighted by molar-refractivity contribution is 4.85. The van der Waals surface area contributed by atoms with Crippen molar-refractivity contribution < 1.29 is 0 Å². The first-order valence-electron chi connectivity index (χ1n) is 3.98. The van der Waals surface area contributed by atoms with Gasteiger partial charge in [-0.2, -0.15) is 11.1 Å². The Morgan fingerprint density at radius 1 is 0.800 bits per heavy atom. The van der Waals surface area contributed by atoms with Gasteiger partial charge >= 0.3 is 0 Å². The van der Waals surface area contributed by atoms with E-state index in [1.807, 2.05) is 0 Å². The van der Waals surface area contributed by atoms with Gasteiger partial charge in [0.05, 0.1) is 0 Å². The Balaban J connectivity index is 1.93.